The van der Waals surface area contributed by atoms with Gasteiger partial charge in [0.25, 0.3) is 0 Å². The van der Waals surface area contributed by atoms with Gasteiger partial charge >= 0.3 is 0 Å². The third-order valence-corrected chi connectivity index (χ3v) is 3.16. The van der Waals surface area contributed by atoms with Crippen LogP contribution in [0.5, 0.6) is 0 Å². The highest BCUT2D eigenvalue weighted by atomic mass is 79.9. The highest BCUT2D eigenvalue weighted by molar-refractivity contribution is 9.10. The maximum absolute atomic E-state index is 9.99. The fourth-order valence-electron chi connectivity index (χ4n) is 1.66. The maximum atomic E-state index is 9.99. The van der Waals surface area contributed by atoms with E-state index in [-0.39, 0.29) is 0 Å². The lowest BCUT2D eigenvalue weighted by Gasteiger charge is -2.10. The van der Waals surface area contributed by atoms with E-state index in [4.69, 9.17) is 0 Å². The summed E-state index contributed by atoms with van der Waals surface area (Å²) in [7, 11) is 1.90. The smallest absolute Gasteiger partial charge is 0.0963 e. The molecule has 1 unspecified atom stereocenters. The molecule has 4 nitrogen and oxygen atoms in total. The molecule has 0 bridgehead atoms. The lowest BCUT2D eigenvalue weighted by Crippen LogP contribution is -2.04. The topological polar surface area (TPSA) is 50.9 Å². The average Bonchev–Trinajstić information content (AvgIpc) is 2.73. The van der Waals surface area contributed by atoms with Gasteiger partial charge < -0.3 is 5.11 Å². The maximum Gasteiger partial charge on any atom is 0.0963 e. The fourth-order valence-corrected chi connectivity index (χ4v) is 1.90. The molecule has 0 spiro atoms. The summed E-state index contributed by atoms with van der Waals surface area (Å²) in [4.78, 5) is 4.18. The summed E-state index contributed by atoms with van der Waals surface area (Å²) in [5.74, 6) is 0. The van der Waals surface area contributed by atoms with Crippen molar-refractivity contribution in [3.63, 3.8) is 0 Å². The Balaban J connectivity index is 1.95. The molecule has 0 aromatic carbocycles. The number of aliphatic hydroxyl groups is 1. The Morgan fingerprint density at radius 3 is 2.82 bits per heavy atom. The van der Waals surface area contributed by atoms with E-state index >= 15 is 0 Å². The molecule has 0 aliphatic rings. The minimum absolute atomic E-state index is 0.530. The predicted octanol–water partition coefficient (Wildman–Crippen LogP) is 2.24. The van der Waals surface area contributed by atoms with Crippen LogP contribution in [0.2, 0.25) is 0 Å². The van der Waals surface area contributed by atoms with Gasteiger partial charge in [0.1, 0.15) is 0 Å². The number of halogens is 1. The lowest BCUT2D eigenvalue weighted by molar-refractivity contribution is 0.162. The van der Waals surface area contributed by atoms with Gasteiger partial charge in [-0.1, -0.05) is 0 Å². The second-order valence-electron chi connectivity index (χ2n) is 3.90. The first-order valence-corrected chi connectivity index (χ1v) is 6.22. The zero-order valence-corrected chi connectivity index (χ0v) is 11.1. The van der Waals surface area contributed by atoms with Crippen LogP contribution >= 0.6 is 15.9 Å². The summed E-state index contributed by atoms with van der Waals surface area (Å²) in [6.07, 6.45) is 4.37. The average molecular weight is 296 g/mol. The van der Waals surface area contributed by atoms with Crippen molar-refractivity contribution >= 4 is 15.9 Å². The van der Waals surface area contributed by atoms with E-state index < -0.39 is 6.10 Å². The molecule has 0 aliphatic carbocycles. The monoisotopic (exact) mass is 295 g/mol. The Bertz CT molecular complexity index is 481. The van der Waals surface area contributed by atoms with Crippen LogP contribution in [0.4, 0.5) is 0 Å². The van der Waals surface area contributed by atoms with Crippen LogP contribution in [0.3, 0.4) is 0 Å². The zero-order valence-electron chi connectivity index (χ0n) is 9.55. The van der Waals surface area contributed by atoms with Gasteiger partial charge in [-0.05, 0) is 47.0 Å². The van der Waals surface area contributed by atoms with Gasteiger partial charge in [-0.2, -0.15) is 5.10 Å². The van der Waals surface area contributed by atoms with E-state index in [1.54, 1.807) is 12.4 Å². The second kappa shape index (κ2) is 5.42. The van der Waals surface area contributed by atoms with Gasteiger partial charge in [0.15, 0.2) is 0 Å². The number of rotatable bonds is 4. The molecule has 2 aromatic heterocycles. The van der Waals surface area contributed by atoms with E-state index in [2.05, 4.69) is 26.0 Å². The second-order valence-corrected chi connectivity index (χ2v) is 4.82. The van der Waals surface area contributed by atoms with Crippen LogP contribution in [-0.2, 0) is 13.5 Å². The minimum atomic E-state index is -0.530. The molecule has 1 N–H and O–H groups in total. The van der Waals surface area contributed by atoms with E-state index in [9.17, 15) is 5.11 Å². The molecular formula is C12H14BrN3O. The zero-order chi connectivity index (χ0) is 12.3. The third-order valence-electron chi connectivity index (χ3n) is 2.69. The van der Waals surface area contributed by atoms with Gasteiger partial charge in [0.2, 0.25) is 0 Å². The molecule has 5 heteroatoms. The number of nitrogens with zero attached hydrogens (tertiary/aromatic N) is 3. The molecule has 0 aliphatic heterocycles. The minimum Gasteiger partial charge on any atom is -0.387 e. The molecular weight excluding hydrogens is 282 g/mol. The Morgan fingerprint density at radius 1 is 1.41 bits per heavy atom. The number of hydrogen-bond donors (Lipinski definition) is 1. The first-order chi connectivity index (χ1) is 8.16. The third kappa shape index (κ3) is 3.14. The van der Waals surface area contributed by atoms with Crippen LogP contribution in [-0.4, -0.2) is 19.9 Å². The van der Waals surface area contributed by atoms with Gasteiger partial charge in [-0.3, -0.25) is 9.67 Å². The van der Waals surface area contributed by atoms with Crippen molar-refractivity contribution in [2.45, 2.75) is 18.9 Å². The van der Waals surface area contributed by atoms with Crippen molar-refractivity contribution in [3.05, 3.63) is 46.5 Å². The Morgan fingerprint density at radius 2 is 2.24 bits per heavy atom. The first-order valence-electron chi connectivity index (χ1n) is 5.43. The van der Waals surface area contributed by atoms with Crippen molar-refractivity contribution in [2.24, 2.45) is 7.05 Å². The Labute approximate surface area is 108 Å². The van der Waals surface area contributed by atoms with Gasteiger partial charge in [0.05, 0.1) is 11.8 Å². The molecule has 17 heavy (non-hydrogen) atoms. The number of aryl methyl sites for hydroxylation is 2. The predicted molar refractivity (Wildman–Crippen MR) is 68.4 cm³/mol. The SMILES string of the molecule is Cn1nccc1CCC(O)c1ccc(Br)cn1. The van der Waals surface area contributed by atoms with E-state index in [0.29, 0.717) is 12.1 Å². The largest absolute Gasteiger partial charge is 0.387 e. The lowest BCUT2D eigenvalue weighted by atomic mass is 10.1. The van der Waals surface area contributed by atoms with Crippen molar-refractivity contribution in [2.75, 3.05) is 0 Å². The van der Waals surface area contributed by atoms with Crippen LogP contribution in [0.15, 0.2) is 35.1 Å². The van der Waals surface area contributed by atoms with E-state index in [0.717, 1.165) is 16.6 Å². The van der Waals surface area contributed by atoms with Crippen molar-refractivity contribution in [3.8, 4) is 0 Å². The molecule has 2 aromatic rings. The number of pyridine rings is 1. The van der Waals surface area contributed by atoms with Gasteiger partial charge in [-0.25, -0.2) is 0 Å². The highest BCUT2D eigenvalue weighted by Gasteiger charge is 2.10. The standard InChI is InChI=1S/C12H14BrN3O/c1-16-10(6-7-15-16)3-5-12(17)11-4-2-9(13)8-14-11/h2,4,6-8,12,17H,3,5H2,1H3. The van der Waals surface area contributed by atoms with Crippen LogP contribution in [0.1, 0.15) is 23.9 Å². The van der Waals surface area contributed by atoms with Crippen LogP contribution < -0.4 is 0 Å². The van der Waals surface area contributed by atoms with Crippen LogP contribution in [0.25, 0.3) is 0 Å². The van der Waals surface area contributed by atoms with E-state index in [1.165, 1.54) is 0 Å². The molecule has 0 fully saturated rings. The fraction of sp³-hybridized carbons (Fsp3) is 0.333. The molecule has 2 heterocycles. The van der Waals surface area contributed by atoms with Gasteiger partial charge in [-0.15, -0.1) is 0 Å². The number of hydrogen-bond acceptors (Lipinski definition) is 3. The van der Waals surface area contributed by atoms with Crippen molar-refractivity contribution in [1.29, 1.82) is 0 Å². The summed E-state index contributed by atoms with van der Waals surface area (Å²) >= 11 is 3.32. The summed E-state index contributed by atoms with van der Waals surface area (Å²) in [5.41, 5.74) is 1.82. The quantitative estimate of drug-likeness (QED) is 0.941. The molecule has 90 valence electrons. The Hall–Kier alpha value is -1.20. The molecule has 0 saturated heterocycles. The molecule has 0 amide bonds. The summed E-state index contributed by atoms with van der Waals surface area (Å²) < 4.78 is 2.74. The van der Waals surface area contributed by atoms with Crippen molar-refractivity contribution < 1.29 is 5.11 Å². The molecule has 2 rings (SSSR count). The summed E-state index contributed by atoms with van der Waals surface area (Å²) in [6.45, 7) is 0. The summed E-state index contributed by atoms with van der Waals surface area (Å²) in [5, 5.41) is 14.1. The molecule has 0 radical (unpaired) electrons. The number of aliphatic hydroxyl groups excluding tert-OH is 1. The van der Waals surface area contributed by atoms with Crippen LogP contribution in [0, 0.1) is 0 Å². The van der Waals surface area contributed by atoms with Gasteiger partial charge in [0, 0.05) is 29.6 Å². The van der Waals surface area contributed by atoms with Crippen molar-refractivity contribution in [1.82, 2.24) is 14.8 Å². The Kier molecular flexibility index (Phi) is 3.91. The first kappa shape index (κ1) is 12.3. The van der Waals surface area contributed by atoms with E-state index in [1.807, 2.05) is 29.9 Å². The highest BCUT2D eigenvalue weighted by Crippen LogP contribution is 2.18. The normalized spacial score (nSPS) is 12.6. The molecule has 0 saturated carbocycles. The molecule has 1 atom stereocenters. The summed E-state index contributed by atoms with van der Waals surface area (Å²) in [6, 6.07) is 5.68. The number of aromatic nitrogens is 3.